The fraction of sp³-hybridized carbons (Fsp3) is 0.533. The predicted octanol–water partition coefficient (Wildman–Crippen LogP) is 1.84. The Bertz CT molecular complexity index is 589. The van der Waals surface area contributed by atoms with Gasteiger partial charge >= 0.3 is 0 Å². The quantitative estimate of drug-likeness (QED) is 0.871. The maximum absolute atomic E-state index is 12.0. The molecule has 0 bridgehead atoms. The van der Waals surface area contributed by atoms with E-state index in [-0.39, 0.29) is 12.5 Å². The van der Waals surface area contributed by atoms with Gasteiger partial charge in [0.05, 0.1) is 11.9 Å². The molecule has 0 aliphatic rings. The molecule has 21 heavy (non-hydrogen) atoms. The van der Waals surface area contributed by atoms with E-state index in [2.05, 4.69) is 5.32 Å². The van der Waals surface area contributed by atoms with Crippen LogP contribution < -0.4 is 9.62 Å². The number of hydrogen-bond donors (Lipinski definition) is 1. The molecule has 0 aromatic heterocycles. The number of nitrogens with one attached hydrogen (secondary N) is 1. The highest BCUT2D eigenvalue weighted by Gasteiger charge is 2.21. The van der Waals surface area contributed by atoms with Crippen LogP contribution in [0.4, 0.5) is 5.69 Å². The van der Waals surface area contributed by atoms with Crippen LogP contribution in [0, 0.1) is 19.8 Å². The van der Waals surface area contributed by atoms with Gasteiger partial charge in [-0.15, -0.1) is 0 Å². The SMILES string of the molecule is Cc1cc(C)cc(N(CC(=O)NCC(C)C)S(C)(=O)=O)c1. The molecule has 1 rings (SSSR count). The summed E-state index contributed by atoms with van der Waals surface area (Å²) in [4.78, 5) is 11.9. The number of hydrogen-bond acceptors (Lipinski definition) is 3. The van der Waals surface area contributed by atoms with Crippen molar-refractivity contribution in [1.29, 1.82) is 0 Å². The van der Waals surface area contributed by atoms with Gasteiger partial charge in [-0.05, 0) is 43.0 Å². The van der Waals surface area contributed by atoms with Gasteiger partial charge in [0, 0.05) is 6.54 Å². The van der Waals surface area contributed by atoms with Gasteiger partial charge in [0.25, 0.3) is 0 Å². The van der Waals surface area contributed by atoms with Crippen molar-refractivity contribution in [3.63, 3.8) is 0 Å². The van der Waals surface area contributed by atoms with Gasteiger partial charge in [-0.1, -0.05) is 19.9 Å². The number of sulfonamides is 1. The van der Waals surface area contributed by atoms with Gasteiger partial charge < -0.3 is 5.32 Å². The summed E-state index contributed by atoms with van der Waals surface area (Å²) in [5.41, 5.74) is 2.44. The molecule has 1 amide bonds. The zero-order chi connectivity index (χ0) is 16.2. The maximum atomic E-state index is 12.0. The van der Waals surface area contributed by atoms with E-state index in [1.807, 2.05) is 33.8 Å². The van der Waals surface area contributed by atoms with Gasteiger partial charge in [0.15, 0.2) is 0 Å². The third-order valence-electron chi connectivity index (χ3n) is 2.89. The molecule has 0 heterocycles. The Morgan fingerprint density at radius 2 is 1.71 bits per heavy atom. The zero-order valence-corrected chi connectivity index (χ0v) is 14.1. The molecule has 0 radical (unpaired) electrons. The lowest BCUT2D eigenvalue weighted by atomic mass is 10.1. The zero-order valence-electron chi connectivity index (χ0n) is 13.3. The second-order valence-electron chi connectivity index (χ2n) is 5.81. The number of benzene rings is 1. The Morgan fingerprint density at radius 3 is 2.14 bits per heavy atom. The fourth-order valence-corrected chi connectivity index (χ4v) is 2.84. The average Bonchev–Trinajstić information content (AvgIpc) is 2.30. The third-order valence-corrected chi connectivity index (χ3v) is 4.03. The van der Waals surface area contributed by atoms with Crippen molar-refractivity contribution in [2.24, 2.45) is 5.92 Å². The number of carbonyl (C=O) groups excluding carboxylic acids is 1. The van der Waals surface area contributed by atoms with Gasteiger partial charge in [0.2, 0.25) is 15.9 Å². The minimum Gasteiger partial charge on any atom is -0.354 e. The van der Waals surface area contributed by atoms with E-state index < -0.39 is 10.0 Å². The molecule has 118 valence electrons. The van der Waals surface area contributed by atoms with Gasteiger partial charge in [-0.2, -0.15) is 0 Å². The molecule has 0 atom stereocenters. The van der Waals surface area contributed by atoms with Crippen molar-refractivity contribution in [1.82, 2.24) is 5.32 Å². The number of amides is 1. The lowest BCUT2D eigenvalue weighted by Crippen LogP contribution is -2.41. The van der Waals surface area contributed by atoms with E-state index >= 15 is 0 Å². The third kappa shape index (κ3) is 5.75. The van der Waals surface area contributed by atoms with E-state index in [1.54, 1.807) is 12.1 Å². The lowest BCUT2D eigenvalue weighted by Gasteiger charge is -2.23. The molecule has 0 saturated heterocycles. The summed E-state index contributed by atoms with van der Waals surface area (Å²) in [6, 6.07) is 5.50. The van der Waals surface area contributed by atoms with Crippen LogP contribution in [0.25, 0.3) is 0 Å². The molecular formula is C15H24N2O3S. The molecule has 0 spiro atoms. The van der Waals surface area contributed by atoms with Crippen molar-refractivity contribution in [3.8, 4) is 0 Å². The first-order valence-corrected chi connectivity index (χ1v) is 8.77. The Hall–Kier alpha value is -1.56. The standard InChI is InChI=1S/C15H24N2O3S/c1-11(2)9-16-15(18)10-17(21(5,19)20)14-7-12(3)6-13(4)8-14/h6-8,11H,9-10H2,1-5H3,(H,16,18). The highest BCUT2D eigenvalue weighted by Crippen LogP contribution is 2.21. The van der Waals surface area contributed by atoms with Crippen LogP contribution in [-0.2, 0) is 14.8 Å². The minimum absolute atomic E-state index is 0.200. The molecule has 1 N–H and O–H groups in total. The summed E-state index contributed by atoms with van der Waals surface area (Å²) in [6.07, 6.45) is 1.11. The first-order chi connectivity index (χ1) is 9.59. The molecule has 0 unspecified atom stereocenters. The summed E-state index contributed by atoms with van der Waals surface area (Å²) in [7, 11) is -3.51. The van der Waals surface area contributed by atoms with E-state index in [1.165, 1.54) is 0 Å². The summed E-state index contributed by atoms with van der Waals surface area (Å²) in [6.45, 7) is 8.10. The van der Waals surface area contributed by atoms with Crippen molar-refractivity contribution >= 4 is 21.6 Å². The highest BCUT2D eigenvalue weighted by molar-refractivity contribution is 7.92. The van der Waals surface area contributed by atoms with E-state index in [4.69, 9.17) is 0 Å². The fourth-order valence-electron chi connectivity index (χ4n) is 2.00. The lowest BCUT2D eigenvalue weighted by molar-refractivity contribution is -0.119. The summed E-state index contributed by atoms with van der Waals surface area (Å²) in [5.74, 6) is 0.0233. The molecule has 0 aliphatic carbocycles. The smallest absolute Gasteiger partial charge is 0.240 e. The molecule has 0 fully saturated rings. The Morgan fingerprint density at radius 1 is 1.19 bits per heavy atom. The van der Waals surface area contributed by atoms with Gasteiger partial charge in [-0.25, -0.2) is 8.42 Å². The van der Waals surface area contributed by atoms with Crippen molar-refractivity contribution in [2.75, 3.05) is 23.7 Å². The van der Waals surface area contributed by atoms with Crippen LogP contribution in [-0.4, -0.2) is 33.7 Å². The largest absolute Gasteiger partial charge is 0.354 e. The minimum atomic E-state index is -3.51. The molecule has 6 heteroatoms. The maximum Gasteiger partial charge on any atom is 0.240 e. The molecule has 1 aromatic rings. The number of rotatable bonds is 6. The summed E-state index contributed by atoms with van der Waals surface area (Å²) >= 11 is 0. The van der Waals surface area contributed by atoms with E-state index in [9.17, 15) is 13.2 Å². The molecule has 5 nitrogen and oxygen atoms in total. The average molecular weight is 312 g/mol. The van der Waals surface area contributed by atoms with Gasteiger partial charge in [-0.3, -0.25) is 9.10 Å². The van der Waals surface area contributed by atoms with Crippen molar-refractivity contribution < 1.29 is 13.2 Å². The molecule has 0 aliphatic heterocycles. The van der Waals surface area contributed by atoms with Gasteiger partial charge in [0.1, 0.15) is 6.54 Å². The number of aryl methyl sites for hydroxylation is 2. The van der Waals surface area contributed by atoms with Crippen LogP contribution in [0.15, 0.2) is 18.2 Å². The molecular weight excluding hydrogens is 288 g/mol. The number of nitrogens with zero attached hydrogens (tertiary/aromatic N) is 1. The number of anilines is 1. The molecule has 0 saturated carbocycles. The van der Waals surface area contributed by atoms with E-state index in [0.717, 1.165) is 21.7 Å². The summed E-state index contributed by atoms with van der Waals surface area (Å²) < 4.78 is 25.1. The highest BCUT2D eigenvalue weighted by atomic mass is 32.2. The Balaban J connectivity index is 3.00. The number of carbonyl (C=O) groups is 1. The Kier molecular flexibility index (Phi) is 5.78. The van der Waals surface area contributed by atoms with Crippen LogP contribution in [0.2, 0.25) is 0 Å². The summed E-state index contributed by atoms with van der Waals surface area (Å²) in [5, 5.41) is 2.74. The van der Waals surface area contributed by atoms with Crippen LogP contribution >= 0.6 is 0 Å². The van der Waals surface area contributed by atoms with Crippen LogP contribution in [0.5, 0.6) is 0 Å². The van der Waals surface area contributed by atoms with Crippen molar-refractivity contribution in [2.45, 2.75) is 27.7 Å². The van der Waals surface area contributed by atoms with Crippen LogP contribution in [0.1, 0.15) is 25.0 Å². The van der Waals surface area contributed by atoms with E-state index in [0.29, 0.717) is 18.2 Å². The second kappa shape index (κ2) is 6.93. The topological polar surface area (TPSA) is 66.5 Å². The first-order valence-electron chi connectivity index (χ1n) is 6.92. The first kappa shape index (κ1) is 17.5. The normalized spacial score (nSPS) is 11.5. The van der Waals surface area contributed by atoms with Crippen LogP contribution in [0.3, 0.4) is 0 Å². The predicted molar refractivity (Wildman–Crippen MR) is 86.0 cm³/mol. The Labute approximate surface area is 127 Å². The monoisotopic (exact) mass is 312 g/mol. The molecule has 1 aromatic carbocycles. The van der Waals surface area contributed by atoms with Crippen molar-refractivity contribution in [3.05, 3.63) is 29.3 Å². The second-order valence-corrected chi connectivity index (χ2v) is 7.72.